The van der Waals surface area contributed by atoms with Crippen molar-refractivity contribution >= 4 is 69.9 Å². The van der Waals surface area contributed by atoms with Gasteiger partial charge in [-0.15, -0.1) is 0 Å². The van der Waals surface area contributed by atoms with Crippen LogP contribution >= 0.6 is 0 Å². The van der Waals surface area contributed by atoms with Crippen LogP contribution in [0.3, 0.4) is 0 Å². The van der Waals surface area contributed by atoms with Crippen molar-refractivity contribution in [1.29, 1.82) is 0 Å². The molecule has 0 aliphatic rings. The highest BCUT2D eigenvalue weighted by Crippen LogP contribution is 2.37. The summed E-state index contributed by atoms with van der Waals surface area (Å²) in [5, 5.41) is 0. The van der Waals surface area contributed by atoms with E-state index in [0.717, 1.165) is 80.3 Å². The third kappa shape index (κ3) is 16.1. The Kier molecular flexibility index (Phi) is 21.8. The average Bonchev–Trinajstić information content (AvgIpc) is 3.44. The van der Waals surface area contributed by atoms with Crippen LogP contribution in [0, 0.1) is 11.8 Å². The van der Waals surface area contributed by atoms with Crippen LogP contribution in [-0.4, -0.2) is 76.5 Å². The molecule has 0 saturated carbocycles. The minimum atomic E-state index is -1.08. The molecule has 0 N–H and O–H groups in total. The van der Waals surface area contributed by atoms with Crippen LogP contribution in [0.4, 0.5) is 34.1 Å². The normalized spacial score (nSPS) is 10.9. The summed E-state index contributed by atoms with van der Waals surface area (Å²) >= 11 is 0. The standard InChI is InChI=1S/C62H68N2O12/c1-7-73-59(67)55(60(68)74-8-2)41-47-21-35-53(36-22-47)63(51-31-17-45(18-32-51)25-39-57(65)71-5)49-27-13-43(14-28-49)11-12-44-15-29-50(30-16-44)64(52-33-19-46(20-34-52)26-40-58(66)72-6)54-37-23-48(24-38-54)42-56(61(69)75-9-3)62(70)76-10-4/h13-24,27-38,55-56H,7-12,25-26,39-42H2,1-6H3. The lowest BCUT2D eigenvalue weighted by atomic mass is 9.98. The van der Waals surface area contributed by atoms with Gasteiger partial charge in [-0.05, 0) is 172 Å². The molecule has 0 aliphatic carbocycles. The molecule has 6 aromatic rings. The second kappa shape index (κ2) is 29.0. The fourth-order valence-corrected chi connectivity index (χ4v) is 8.66. The van der Waals surface area contributed by atoms with Crippen LogP contribution in [-0.2, 0) is 95.7 Å². The van der Waals surface area contributed by atoms with Gasteiger partial charge in [-0.1, -0.05) is 72.8 Å². The van der Waals surface area contributed by atoms with Gasteiger partial charge in [0.1, 0.15) is 0 Å². The van der Waals surface area contributed by atoms with Gasteiger partial charge in [0.05, 0.1) is 40.6 Å². The van der Waals surface area contributed by atoms with E-state index in [4.69, 9.17) is 28.4 Å². The maximum atomic E-state index is 12.8. The lowest BCUT2D eigenvalue weighted by molar-refractivity contribution is -0.163. The van der Waals surface area contributed by atoms with Gasteiger partial charge in [0.2, 0.25) is 0 Å². The highest BCUT2D eigenvalue weighted by atomic mass is 16.6. The van der Waals surface area contributed by atoms with Crippen LogP contribution in [0.25, 0.3) is 0 Å². The third-order valence-corrected chi connectivity index (χ3v) is 12.7. The number of rotatable bonds is 27. The molecule has 14 nitrogen and oxygen atoms in total. The summed E-state index contributed by atoms with van der Waals surface area (Å²) in [4.78, 5) is 79.1. The van der Waals surface area contributed by atoms with Gasteiger partial charge in [0.25, 0.3) is 0 Å². The highest BCUT2D eigenvalue weighted by Gasteiger charge is 2.31. The predicted octanol–water partition coefficient (Wildman–Crippen LogP) is 11.2. The lowest BCUT2D eigenvalue weighted by Gasteiger charge is -2.26. The van der Waals surface area contributed by atoms with Crippen molar-refractivity contribution in [1.82, 2.24) is 0 Å². The van der Waals surface area contributed by atoms with E-state index in [1.807, 2.05) is 97.1 Å². The average molecular weight is 1030 g/mol. The molecule has 0 heterocycles. The summed E-state index contributed by atoms with van der Waals surface area (Å²) in [6.45, 7) is 7.41. The van der Waals surface area contributed by atoms with Gasteiger partial charge in [-0.3, -0.25) is 28.8 Å². The second-order valence-electron chi connectivity index (χ2n) is 17.8. The number of hydrogen-bond donors (Lipinski definition) is 0. The number of ether oxygens (including phenoxy) is 6. The summed E-state index contributed by atoms with van der Waals surface area (Å²) in [5.74, 6) is -5.16. The van der Waals surface area contributed by atoms with E-state index in [0.29, 0.717) is 12.8 Å². The number of esters is 6. The van der Waals surface area contributed by atoms with Gasteiger partial charge < -0.3 is 38.2 Å². The minimum absolute atomic E-state index is 0.132. The maximum Gasteiger partial charge on any atom is 0.320 e. The first kappa shape index (κ1) is 57.0. The van der Waals surface area contributed by atoms with Crippen LogP contribution < -0.4 is 9.80 Å². The Morgan fingerprint density at radius 2 is 0.539 bits per heavy atom. The summed E-state index contributed by atoms with van der Waals surface area (Å²) < 4.78 is 30.5. The smallest absolute Gasteiger partial charge is 0.320 e. The monoisotopic (exact) mass is 1030 g/mol. The molecule has 0 saturated heterocycles. The molecule has 76 heavy (non-hydrogen) atoms. The van der Waals surface area contributed by atoms with Crippen LogP contribution in [0.15, 0.2) is 146 Å². The molecule has 0 amide bonds. The Morgan fingerprint density at radius 1 is 0.329 bits per heavy atom. The Morgan fingerprint density at radius 3 is 0.750 bits per heavy atom. The van der Waals surface area contributed by atoms with Crippen molar-refractivity contribution in [3.8, 4) is 0 Å². The SMILES string of the molecule is CCOC(=O)C(Cc1ccc(N(c2ccc(CCC(=O)OC)cc2)c2ccc(CCc3ccc(N(c4ccc(CCC(=O)OC)cc4)c4ccc(CC(C(=O)OCC)C(=O)OCC)cc4)cc3)cc2)cc1)C(=O)OCC. The van der Waals surface area contributed by atoms with Gasteiger partial charge in [0, 0.05) is 47.0 Å². The van der Waals surface area contributed by atoms with Crippen molar-refractivity contribution in [2.45, 2.75) is 79.1 Å². The molecule has 0 radical (unpaired) electrons. The fourth-order valence-electron chi connectivity index (χ4n) is 8.66. The molecule has 14 heteroatoms. The fraction of sp³-hybridized carbons (Fsp3) is 0.323. The van der Waals surface area contributed by atoms with E-state index in [1.165, 1.54) is 14.2 Å². The number of methoxy groups -OCH3 is 2. The first-order valence-corrected chi connectivity index (χ1v) is 25.8. The Bertz CT molecular complexity index is 2600. The first-order chi connectivity index (χ1) is 36.9. The molecule has 0 aromatic heterocycles. The Labute approximate surface area is 445 Å². The van der Waals surface area contributed by atoms with Crippen LogP contribution in [0.1, 0.15) is 73.9 Å². The van der Waals surface area contributed by atoms with E-state index in [2.05, 4.69) is 58.3 Å². The van der Waals surface area contributed by atoms with Crippen molar-refractivity contribution in [2.24, 2.45) is 11.8 Å². The molecule has 0 aliphatic heterocycles. The van der Waals surface area contributed by atoms with Crippen molar-refractivity contribution in [3.05, 3.63) is 179 Å². The molecule has 0 fully saturated rings. The molecule has 0 unspecified atom stereocenters. The lowest BCUT2D eigenvalue weighted by Crippen LogP contribution is -2.30. The summed E-state index contributed by atoms with van der Waals surface area (Å²) in [5.41, 5.74) is 11.2. The van der Waals surface area contributed by atoms with Crippen LogP contribution in [0.5, 0.6) is 0 Å². The Hall–Kier alpha value is -8.26. The zero-order valence-electron chi connectivity index (χ0n) is 44.3. The van der Waals surface area contributed by atoms with Crippen molar-refractivity contribution < 1.29 is 57.2 Å². The van der Waals surface area contributed by atoms with E-state index in [9.17, 15) is 28.8 Å². The van der Waals surface area contributed by atoms with Crippen molar-refractivity contribution in [2.75, 3.05) is 50.4 Å². The van der Waals surface area contributed by atoms with Gasteiger partial charge in [-0.25, -0.2) is 0 Å². The van der Waals surface area contributed by atoms with Gasteiger partial charge >= 0.3 is 35.8 Å². The number of carbonyl (C=O) groups excluding carboxylic acids is 6. The zero-order valence-corrected chi connectivity index (χ0v) is 44.3. The molecule has 6 rings (SSSR count). The molecular weight excluding hydrogens is 965 g/mol. The second-order valence-corrected chi connectivity index (χ2v) is 17.8. The molecule has 0 bridgehead atoms. The zero-order chi connectivity index (χ0) is 54.4. The quantitative estimate of drug-likeness (QED) is 0.0272. The number of carbonyl (C=O) groups is 6. The first-order valence-electron chi connectivity index (χ1n) is 25.8. The van der Waals surface area contributed by atoms with Gasteiger partial charge in [0.15, 0.2) is 11.8 Å². The third-order valence-electron chi connectivity index (χ3n) is 12.7. The molecule has 398 valence electrons. The van der Waals surface area contributed by atoms with E-state index < -0.39 is 35.7 Å². The highest BCUT2D eigenvalue weighted by molar-refractivity contribution is 5.96. The molecule has 6 aromatic carbocycles. The molecule has 0 atom stereocenters. The number of benzene rings is 6. The summed E-state index contributed by atoms with van der Waals surface area (Å²) in [7, 11) is 2.77. The number of nitrogens with zero attached hydrogens (tertiary/aromatic N) is 2. The largest absolute Gasteiger partial charge is 0.469 e. The van der Waals surface area contributed by atoms with Crippen molar-refractivity contribution in [3.63, 3.8) is 0 Å². The van der Waals surface area contributed by atoms with E-state index >= 15 is 0 Å². The van der Waals surface area contributed by atoms with Gasteiger partial charge in [-0.2, -0.15) is 0 Å². The maximum absolute atomic E-state index is 12.8. The number of aryl methyl sites for hydroxylation is 4. The summed E-state index contributed by atoms with van der Waals surface area (Å²) in [6.07, 6.45) is 3.47. The Balaban J connectivity index is 1.22. The van der Waals surface area contributed by atoms with E-state index in [1.54, 1.807) is 27.7 Å². The molecule has 0 spiro atoms. The predicted molar refractivity (Wildman–Crippen MR) is 291 cm³/mol. The molecular formula is C62H68N2O12. The van der Waals surface area contributed by atoms with Crippen LogP contribution in [0.2, 0.25) is 0 Å². The minimum Gasteiger partial charge on any atom is -0.469 e. The van der Waals surface area contributed by atoms with E-state index in [-0.39, 0.29) is 64.0 Å². The number of hydrogen-bond acceptors (Lipinski definition) is 14. The summed E-state index contributed by atoms with van der Waals surface area (Å²) in [6, 6.07) is 48.4. The topological polar surface area (TPSA) is 164 Å². The number of anilines is 6.